The summed E-state index contributed by atoms with van der Waals surface area (Å²) in [6.07, 6.45) is 3.74. The van der Waals surface area contributed by atoms with E-state index in [1.807, 2.05) is 6.92 Å². The van der Waals surface area contributed by atoms with Crippen molar-refractivity contribution in [2.75, 3.05) is 13.1 Å². The largest absolute Gasteiger partial charge is 0.328 e. The van der Waals surface area contributed by atoms with Crippen molar-refractivity contribution >= 4 is 10.0 Å². The second kappa shape index (κ2) is 4.40. The summed E-state index contributed by atoms with van der Waals surface area (Å²) in [4.78, 5) is 0.255. The lowest BCUT2D eigenvalue weighted by molar-refractivity contribution is 0.429. The topological polar surface area (TPSA) is 81.2 Å². The summed E-state index contributed by atoms with van der Waals surface area (Å²) in [6.45, 7) is 2.98. The first kappa shape index (κ1) is 12.5. The summed E-state index contributed by atoms with van der Waals surface area (Å²) in [5, 5.41) is 3.89. The van der Waals surface area contributed by atoms with Gasteiger partial charge >= 0.3 is 0 Å². The molecular formula is C10H18N4O2S. The Morgan fingerprint density at radius 3 is 2.76 bits per heavy atom. The molecule has 1 aromatic heterocycles. The highest BCUT2D eigenvalue weighted by Crippen LogP contribution is 2.25. The number of hydrogen-bond acceptors (Lipinski definition) is 4. The monoisotopic (exact) mass is 258 g/mol. The van der Waals surface area contributed by atoms with Crippen LogP contribution in [0.5, 0.6) is 0 Å². The molecular weight excluding hydrogens is 240 g/mol. The predicted molar refractivity (Wildman–Crippen MR) is 63.7 cm³/mol. The maximum absolute atomic E-state index is 12.2. The first-order valence-electron chi connectivity index (χ1n) is 5.65. The third-order valence-corrected chi connectivity index (χ3v) is 5.07. The maximum atomic E-state index is 12.2. The number of nitrogens with two attached hydrogens (primary N) is 1. The van der Waals surface area contributed by atoms with Crippen LogP contribution in [0, 0.1) is 5.92 Å². The second-order valence-electron chi connectivity index (χ2n) is 4.62. The van der Waals surface area contributed by atoms with Gasteiger partial charge in [0.2, 0.25) is 10.0 Å². The van der Waals surface area contributed by atoms with Crippen LogP contribution in [0.1, 0.15) is 13.3 Å². The summed E-state index contributed by atoms with van der Waals surface area (Å²) in [5.41, 5.74) is 5.81. The molecule has 2 heterocycles. The zero-order valence-electron chi connectivity index (χ0n) is 10.1. The van der Waals surface area contributed by atoms with Crippen LogP contribution in [-0.2, 0) is 17.1 Å². The highest BCUT2D eigenvalue weighted by molar-refractivity contribution is 7.89. The normalized spacial score (nSPS) is 24.1. The number of sulfonamides is 1. The molecule has 0 spiro atoms. The minimum atomic E-state index is -3.39. The van der Waals surface area contributed by atoms with Gasteiger partial charge in [0.15, 0.2) is 0 Å². The minimum Gasteiger partial charge on any atom is -0.328 e. The van der Waals surface area contributed by atoms with Crippen LogP contribution >= 0.6 is 0 Å². The third kappa shape index (κ3) is 2.36. The third-order valence-electron chi connectivity index (χ3n) is 3.25. The number of hydrogen-bond donors (Lipinski definition) is 1. The van der Waals surface area contributed by atoms with Crippen LogP contribution in [0.4, 0.5) is 0 Å². The van der Waals surface area contributed by atoms with Gasteiger partial charge in [-0.05, 0) is 19.3 Å². The molecule has 0 amide bonds. The maximum Gasteiger partial charge on any atom is 0.246 e. The summed E-state index contributed by atoms with van der Waals surface area (Å²) < 4.78 is 27.5. The Labute approximate surface area is 101 Å². The van der Waals surface area contributed by atoms with Gasteiger partial charge in [0, 0.05) is 32.4 Å². The number of rotatable bonds is 3. The molecule has 2 rings (SSSR count). The molecule has 1 aliphatic rings. The zero-order chi connectivity index (χ0) is 12.6. The fraction of sp³-hybridized carbons (Fsp3) is 0.700. The average molecular weight is 258 g/mol. The van der Waals surface area contributed by atoms with Crippen LogP contribution in [-0.4, -0.2) is 41.6 Å². The Morgan fingerprint density at radius 2 is 2.29 bits per heavy atom. The van der Waals surface area contributed by atoms with Gasteiger partial charge < -0.3 is 5.73 Å². The molecule has 1 aliphatic heterocycles. The summed E-state index contributed by atoms with van der Waals surface area (Å²) in [6, 6.07) is 0.0316. The lowest BCUT2D eigenvalue weighted by Gasteiger charge is -2.17. The van der Waals surface area contributed by atoms with Gasteiger partial charge in [0.05, 0.1) is 6.20 Å². The molecule has 0 saturated carbocycles. The van der Waals surface area contributed by atoms with Crippen LogP contribution in [0.25, 0.3) is 0 Å². The quantitative estimate of drug-likeness (QED) is 0.812. The van der Waals surface area contributed by atoms with E-state index < -0.39 is 10.0 Å². The average Bonchev–Trinajstić information content (AvgIpc) is 2.85. The van der Waals surface area contributed by atoms with Gasteiger partial charge in [-0.15, -0.1) is 0 Å². The first-order valence-corrected chi connectivity index (χ1v) is 7.09. The lowest BCUT2D eigenvalue weighted by atomic mass is 10.0. The van der Waals surface area contributed by atoms with E-state index in [2.05, 4.69) is 5.10 Å². The lowest BCUT2D eigenvalue weighted by Crippen LogP contribution is -2.32. The molecule has 17 heavy (non-hydrogen) atoms. The van der Waals surface area contributed by atoms with Crippen molar-refractivity contribution < 1.29 is 8.42 Å². The standard InChI is InChI=1S/C10H18N4O2S/c1-8(11)9-3-4-14(6-9)17(15,16)10-5-12-13(2)7-10/h5,7-9H,3-4,6,11H2,1-2H3. The second-order valence-corrected chi connectivity index (χ2v) is 6.56. The van der Waals surface area contributed by atoms with Gasteiger partial charge in [-0.3, -0.25) is 4.68 Å². The van der Waals surface area contributed by atoms with Crippen molar-refractivity contribution in [3.05, 3.63) is 12.4 Å². The van der Waals surface area contributed by atoms with Crippen LogP contribution in [0.3, 0.4) is 0 Å². The van der Waals surface area contributed by atoms with Crippen LogP contribution in [0.2, 0.25) is 0 Å². The van der Waals surface area contributed by atoms with E-state index in [0.717, 1.165) is 6.42 Å². The summed E-state index contributed by atoms with van der Waals surface area (Å²) >= 11 is 0. The van der Waals surface area contributed by atoms with Crippen molar-refractivity contribution in [2.45, 2.75) is 24.3 Å². The van der Waals surface area contributed by atoms with Crippen molar-refractivity contribution in [3.63, 3.8) is 0 Å². The number of aromatic nitrogens is 2. The van der Waals surface area contributed by atoms with E-state index in [1.54, 1.807) is 7.05 Å². The van der Waals surface area contributed by atoms with Crippen molar-refractivity contribution in [3.8, 4) is 0 Å². The smallest absolute Gasteiger partial charge is 0.246 e. The van der Waals surface area contributed by atoms with Gasteiger partial charge in [0.25, 0.3) is 0 Å². The van der Waals surface area contributed by atoms with Gasteiger partial charge in [-0.2, -0.15) is 9.40 Å². The Kier molecular flexibility index (Phi) is 3.24. The minimum absolute atomic E-state index is 0.0316. The Bertz CT molecular complexity index is 494. The highest BCUT2D eigenvalue weighted by Gasteiger charge is 2.34. The molecule has 1 aromatic rings. The number of aryl methyl sites for hydroxylation is 1. The molecule has 0 aromatic carbocycles. The molecule has 0 aliphatic carbocycles. The van der Waals surface area contributed by atoms with Crippen molar-refractivity contribution in [1.82, 2.24) is 14.1 Å². The van der Waals surface area contributed by atoms with Crippen LogP contribution in [0.15, 0.2) is 17.3 Å². The fourth-order valence-corrected chi connectivity index (χ4v) is 3.58. The Balaban J connectivity index is 2.18. The highest BCUT2D eigenvalue weighted by atomic mass is 32.2. The van der Waals surface area contributed by atoms with Gasteiger partial charge in [0.1, 0.15) is 4.90 Å². The molecule has 0 radical (unpaired) electrons. The van der Waals surface area contributed by atoms with E-state index in [9.17, 15) is 8.42 Å². The van der Waals surface area contributed by atoms with Gasteiger partial charge in [-0.1, -0.05) is 0 Å². The van der Waals surface area contributed by atoms with Crippen molar-refractivity contribution in [1.29, 1.82) is 0 Å². The Hall–Kier alpha value is -0.920. The molecule has 2 unspecified atom stereocenters. The summed E-state index contributed by atoms with van der Waals surface area (Å²) in [7, 11) is -1.69. The molecule has 7 heteroatoms. The molecule has 6 nitrogen and oxygen atoms in total. The zero-order valence-corrected chi connectivity index (χ0v) is 10.9. The van der Waals surface area contributed by atoms with E-state index in [1.165, 1.54) is 21.4 Å². The molecule has 96 valence electrons. The van der Waals surface area contributed by atoms with E-state index in [-0.39, 0.29) is 16.9 Å². The van der Waals surface area contributed by atoms with Crippen molar-refractivity contribution in [2.24, 2.45) is 18.7 Å². The number of nitrogens with zero attached hydrogens (tertiary/aromatic N) is 3. The predicted octanol–water partition coefficient (Wildman–Crippen LogP) is -0.222. The molecule has 2 N–H and O–H groups in total. The summed E-state index contributed by atoms with van der Waals surface area (Å²) in [5.74, 6) is 0.251. The van der Waals surface area contributed by atoms with E-state index in [0.29, 0.717) is 13.1 Å². The van der Waals surface area contributed by atoms with Gasteiger partial charge in [-0.25, -0.2) is 8.42 Å². The van der Waals surface area contributed by atoms with E-state index >= 15 is 0 Å². The SMILES string of the molecule is CC(N)C1CCN(S(=O)(=O)c2cnn(C)c2)C1. The van der Waals surface area contributed by atoms with E-state index in [4.69, 9.17) is 5.73 Å². The van der Waals surface area contributed by atoms with Crippen LogP contribution < -0.4 is 5.73 Å². The molecule has 2 atom stereocenters. The molecule has 0 bridgehead atoms. The molecule has 1 fully saturated rings. The fourth-order valence-electron chi connectivity index (χ4n) is 2.08. The molecule has 1 saturated heterocycles. The first-order chi connectivity index (χ1) is 7.91. The Morgan fingerprint density at radius 1 is 1.59 bits per heavy atom.